The molecule has 0 spiro atoms. The van der Waals surface area contributed by atoms with Gasteiger partial charge in [-0.05, 0) is 96.0 Å². The summed E-state index contributed by atoms with van der Waals surface area (Å²) in [7, 11) is 0. The van der Waals surface area contributed by atoms with Crippen LogP contribution < -0.4 is 0 Å². The Morgan fingerprint density at radius 2 is 0.593 bits per heavy atom. The Morgan fingerprint density at radius 1 is 0.222 bits per heavy atom. The number of rotatable bonds is 6. The summed E-state index contributed by atoms with van der Waals surface area (Å²) in [4.78, 5) is 15.4. The van der Waals surface area contributed by atoms with Crippen molar-refractivity contribution in [2.45, 2.75) is 0 Å². The van der Waals surface area contributed by atoms with E-state index in [9.17, 15) is 0 Å². The smallest absolute Gasteiger partial charge is 0.164 e. The first-order valence-electron chi connectivity index (χ1n) is 18.3. The second kappa shape index (κ2) is 13.4. The zero-order chi connectivity index (χ0) is 35.8. The van der Waals surface area contributed by atoms with Crippen molar-refractivity contribution < 1.29 is 0 Å². The average Bonchev–Trinajstić information content (AvgIpc) is 3.26. The van der Waals surface area contributed by atoms with Crippen LogP contribution in [0.4, 0.5) is 0 Å². The monoisotopic (exact) mass is 687 g/mol. The highest BCUT2D eigenvalue weighted by Crippen LogP contribution is 2.34. The van der Waals surface area contributed by atoms with E-state index >= 15 is 0 Å². The van der Waals surface area contributed by atoms with Crippen LogP contribution in [0.3, 0.4) is 0 Å². The summed E-state index contributed by atoms with van der Waals surface area (Å²) in [6.45, 7) is 0. The van der Waals surface area contributed by atoms with Gasteiger partial charge in [0.25, 0.3) is 0 Å². The fourth-order valence-electron chi connectivity index (χ4n) is 7.45. The Balaban J connectivity index is 1.10. The molecule has 0 saturated heterocycles. The summed E-state index contributed by atoms with van der Waals surface area (Å²) in [6.07, 6.45) is 0. The molecule has 0 bridgehead atoms. The van der Waals surface area contributed by atoms with Crippen molar-refractivity contribution >= 4 is 32.3 Å². The molecule has 0 aliphatic heterocycles. The number of hydrogen-bond donors (Lipinski definition) is 0. The number of nitrogens with zero attached hydrogens (tertiary/aromatic N) is 3. The van der Waals surface area contributed by atoms with E-state index in [1.54, 1.807) is 0 Å². The lowest BCUT2D eigenvalue weighted by Gasteiger charge is -2.12. The lowest BCUT2D eigenvalue weighted by molar-refractivity contribution is 1.08. The molecule has 0 saturated carbocycles. The van der Waals surface area contributed by atoms with E-state index in [2.05, 4.69) is 188 Å². The van der Waals surface area contributed by atoms with E-state index in [4.69, 9.17) is 15.0 Å². The summed E-state index contributed by atoms with van der Waals surface area (Å²) >= 11 is 0. The van der Waals surface area contributed by atoms with E-state index in [0.29, 0.717) is 17.5 Å². The highest BCUT2D eigenvalue weighted by molar-refractivity contribution is 5.99. The van der Waals surface area contributed by atoms with Crippen LogP contribution in [0.5, 0.6) is 0 Å². The lowest BCUT2D eigenvalue weighted by Crippen LogP contribution is -2.00. The van der Waals surface area contributed by atoms with Gasteiger partial charge in [-0.3, -0.25) is 0 Å². The van der Waals surface area contributed by atoms with Crippen LogP contribution in [-0.2, 0) is 0 Å². The second-order valence-corrected chi connectivity index (χ2v) is 13.7. The molecule has 1 aromatic heterocycles. The summed E-state index contributed by atoms with van der Waals surface area (Å²) < 4.78 is 0. The van der Waals surface area contributed by atoms with Gasteiger partial charge in [0.2, 0.25) is 0 Å². The van der Waals surface area contributed by atoms with E-state index in [0.717, 1.165) is 32.8 Å². The van der Waals surface area contributed by atoms with Crippen molar-refractivity contribution in [3.8, 4) is 67.5 Å². The van der Waals surface area contributed by atoms with Gasteiger partial charge in [0.15, 0.2) is 17.5 Å². The number of benzene rings is 9. The first-order valence-corrected chi connectivity index (χ1v) is 18.3. The van der Waals surface area contributed by atoms with Crippen molar-refractivity contribution in [1.29, 1.82) is 0 Å². The standard InChI is InChI=1S/C51H33N3/c1-4-11-34(12-5-1)37-19-21-41-31-44(25-23-39(41)29-37)49-52-50(45-26-24-40-30-38(20-22-42(40)32-45)35-13-6-2-7-14-35)54-51(53-49)46-27-28-48-43(33-46)17-10-18-47(48)36-15-8-3-9-16-36/h1-33H. The van der Waals surface area contributed by atoms with Gasteiger partial charge in [0.1, 0.15) is 0 Å². The van der Waals surface area contributed by atoms with Crippen LogP contribution in [0.2, 0.25) is 0 Å². The van der Waals surface area contributed by atoms with E-state index in [1.807, 2.05) is 12.1 Å². The minimum Gasteiger partial charge on any atom is -0.208 e. The van der Waals surface area contributed by atoms with Gasteiger partial charge >= 0.3 is 0 Å². The fourth-order valence-corrected chi connectivity index (χ4v) is 7.45. The molecule has 0 atom stereocenters. The van der Waals surface area contributed by atoms with Crippen LogP contribution in [0.1, 0.15) is 0 Å². The zero-order valence-electron chi connectivity index (χ0n) is 29.4. The molecule has 0 N–H and O–H groups in total. The van der Waals surface area contributed by atoms with E-state index < -0.39 is 0 Å². The quantitative estimate of drug-likeness (QED) is 0.175. The lowest BCUT2D eigenvalue weighted by atomic mass is 9.97. The van der Waals surface area contributed by atoms with Gasteiger partial charge in [-0.2, -0.15) is 0 Å². The molecule has 0 amide bonds. The van der Waals surface area contributed by atoms with Crippen molar-refractivity contribution in [3.05, 3.63) is 200 Å². The summed E-state index contributed by atoms with van der Waals surface area (Å²) in [5.41, 5.74) is 10.0. The molecule has 0 unspecified atom stereocenters. The number of hydrogen-bond acceptors (Lipinski definition) is 3. The van der Waals surface area contributed by atoms with Crippen LogP contribution in [-0.4, -0.2) is 15.0 Å². The first-order chi connectivity index (χ1) is 26.7. The average molecular weight is 688 g/mol. The molecule has 0 aliphatic carbocycles. The molecule has 0 aliphatic rings. The number of aromatic nitrogens is 3. The molecular formula is C51H33N3. The van der Waals surface area contributed by atoms with Crippen molar-refractivity contribution in [2.24, 2.45) is 0 Å². The summed E-state index contributed by atoms with van der Waals surface area (Å²) in [5, 5.41) is 6.93. The Bertz CT molecular complexity index is 2830. The molecular weight excluding hydrogens is 655 g/mol. The molecule has 10 rings (SSSR count). The number of fused-ring (bicyclic) bond motifs is 3. The van der Waals surface area contributed by atoms with Gasteiger partial charge in [0.05, 0.1) is 0 Å². The molecule has 9 aromatic carbocycles. The maximum atomic E-state index is 5.14. The van der Waals surface area contributed by atoms with Crippen LogP contribution in [0.25, 0.3) is 99.9 Å². The van der Waals surface area contributed by atoms with E-state index in [1.165, 1.54) is 49.5 Å². The second-order valence-electron chi connectivity index (χ2n) is 13.7. The van der Waals surface area contributed by atoms with E-state index in [-0.39, 0.29) is 0 Å². The SMILES string of the molecule is c1ccc(-c2ccc3cc(-c4nc(-c5ccc6cc(-c7ccccc7)ccc6c5)nc(-c5ccc6c(-c7ccccc7)cccc6c5)n4)ccc3c2)cc1. The molecule has 54 heavy (non-hydrogen) atoms. The largest absolute Gasteiger partial charge is 0.208 e. The van der Waals surface area contributed by atoms with Crippen LogP contribution in [0.15, 0.2) is 200 Å². The normalized spacial score (nSPS) is 11.3. The Kier molecular flexibility index (Phi) is 7.81. The van der Waals surface area contributed by atoms with Crippen LogP contribution in [0, 0.1) is 0 Å². The Morgan fingerprint density at radius 3 is 1.06 bits per heavy atom. The van der Waals surface area contributed by atoms with Crippen molar-refractivity contribution in [1.82, 2.24) is 15.0 Å². The molecule has 10 aromatic rings. The highest BCUT2D eigenvalue weighted by atomic mass is 15.0. The highest BCUT2D eigenvalue weighted by Gasteiger charge is 2.15. The molecule has 0 fully saturated rings. The van der Waals surface area contributed by atoms with Crippen molar-refractivity contribution in [3.63, 3.8) is 0 Å². The van der Waals surface area contributed by atoms with Crippen LogP contribution >= 0.6 is 0 Å². The summed E-state index contributed by atoms with van der Waals surface area (Å²) in [5.74, 6) is 1.92. The first kappa shape index (κ1) is 31.5. The Labute approximate surface area is 313 Å². The van der Waals surface area contributed by atoms with Gasteiger partial charge in [-0.15, -0.1) is 0 Å². The molecule has 0 radical (unpaired) electrons. The Hall–Kier alpha value is -7.23. The van der Waals surface area contributed by atoms with Gasteiger partial charge in [-0.25, -0.2) is 15.0 Å². The molecule has 1 heterocycles. The summed E-state index contributed by atoms with van der Waals surface area (Å²) in [6, 6.07) is 70.7. The van der Waals surface area contributed by atoms with Gasteiger partial charge < -0.3 is 0 Å². The molecule has 3 nitrogen and oxygen atoms in total. The maximum Gasteiger partial charge on any atom is 0.164 e. The maximum absolute atomic E-state index is 5.14. The predicted molar refractivity (Wildman–Crippen MR) is 225 cm³/mol. The minimum atomic E-state index is 0.640. The fraction of sp³-hybridized carbons (Fsp3) is 0. The molecule has 252 valence electrons. The third-order valence-electron chi connectivity index (χ3n) is 10.3. The topological polar surface area (TPSA) is 38.7 Å². The predicted octanol–water partition coefficient (Wildman–Crippen LogP) is 13.3. The minimum absolute atomic E-state index is 0.640. The third-order valence-corrected chi connectivity index (χ3v) is 10.3. The third kappa shape index (κ3) is 5.98. The van der Waals surface area contributed by atoms with Crippen molar-refractivity contribution in [2.75, 3.05) is 0 Å². The molecule has 3 heteroatoms. The van der Waals surface area contributed by atoms with Gasteiger partial charge in [0, 0.05) is 16.7 Å². The zero-order valence-corrected chi connectivity index (χ0v) is 29.4. The van der Waals surface area contributed by atoms with Gasteiger partial charge in [-0.1, -0.05) is 170 Å².